The molecule has 3 amide bonds. The topological polar surface area (TPSA) is 218 Å². The molecule has 4 aromatic rings. The van der Waals surface area contributed by atoms with E-state index in [1.165, 1.54) is 29.1 Å². The highest BCUT2D eigenvalue weighted by atomic mass is 35.5. The lowest BCUT2D eigenvalue weighted by Crippen LogP contribution is -2.51. The molecule has 2 fully saturated rings. The van der Waals surface area contributed by atoms with Crippen LogP contribution in [-0.2, 0) is 20.9 Å². The maximum Gasteiger partial charge on any atom is 0.434 e. The predicted octanol–water partition coefficient (Wildman–Crippen LogP) is 6.73. The molecule has 0 saturated carbocycles. The zero-order valence-corrected chi connectivity index (χ0v) is 37.3. The van der Waals surface area contributed by atoms with Gasteiger partial charge in [-0.3, -0.25) is 14.3 Å². The summed E-state index contributed by atoms with van der Waals surface area (Å²) in [5.41, 5.74) is 7.21. The van der Waals surface area contributed by atoms with Crippen molar-refractivity contribution in [2.75, 3.05) is 38.5 Å². The molecule has 0 spiro atoms. The number of aryl methyl sites for hydroxylation is 1. The largest absolute Gasteiger partial charge is 0.482 e. The van der Waals surface area contributed by atoms with E-state index in [2.05, 4.69) is 30.6 Å². The van der Waals surface area contributed by atoms with E-state index in [4.69, 9.17) is 38.4 Å². The van der Waals surface area contributed by atoms with Crippen molar-refractivity contribution in [1.29, 1.82) is 0 Å². The molecule has 0 unspecified atom stereocenters. The number of halogens is 3. The molecule has 5 heterocycles. The van der Waals surface area contributed by atoms with Crippen molar-refractivity contribution in [2.24, 2.45) is 0 Å². The number of rotatable bonds is 17. The lowest BCUT2D eigenvalue weighted by atomic mass is 10.0. The van der Waals surface area contributed by atoms with Crippen molar-refractivity contribution in [2.45, 2.75) is 109 Å². The number of aromatic nitrogens is 5. The number of alkyl carbamates (subject to hydrolysis) is 1. The summed E-state index contributed by atoms with van der Waals surface area (Å²) in [4.78, 5) is 62.2. The van der Waals surface area contributed by atoms with E-state index in [0.29, 0.717) is 63.2 Å². The van der Waals surface area contributed by atoms with Gasteiger partial charge in [0.15, 0.2) is 11.6 Å². The second kappa shape index (κ2) is 20.8. The number of likely N-dealkylation sites (tertiary alicyclic amines) is 2. The second-order valence-corrected chi connectivity index (χ2v) is 17.6. The van der Waals surface area contributed by atoms with Crippen LogP contribution in [0.5, 0.6) is 5.75 Å². The minimum atomic E-state index is -0.908. The molecule has 1 aromatic carbocycles. The Hall–Kier alpha value is -5.53. The molecular formula is C42H54Cl2FN11O7. The lowest BCUT2D eigenvalue weighted by Gasteiger charge is -2.32. The van der Waals surface area contributed by atoms with E-state index >= 15 is 0 Å². The third-order valence-electron chi connectivity index (χ3n) is 11.0. The van der Waals surface area contributed by atoms with Crippen molar-refractivity contribution in [3.8, 4) is 16.9 Å². The molecule has 2 aliphatic rings. The van der Waals surface area contributed by atoms with Crippen LogP contribution >= 0.6 is 23.2 Å². The molecule has 3 atom stereocenters. The quantitative estimate of drug-likeness (QED) is 0.0571. The molecule has 0 radical (unpaired) electrons. The molecule has 63 heavy (non-hydrogen) atoms. The minimum Gasteiger partial charge on any atom is -0.482 e. The van der Waals surface area contributed by atoms with Crippen LogP contribution in [0.15, 0.2) is 49.2 Å². The number of pyridine rings is 1. The molecule has 340 valence electrons. The molecule has 18 nitrogen and oxygen atoms in total. The Kier molecular flexibility index (Phi) is 15.5. The van der Waals surface area contributed by atoms with Gasteiger partial charge < -0.3 is 45.8 Å². The standard InChI is InChI=1S/C42H54Cl2FN11O7/c1-26(36-31(43)9-10-32(45)37(36)44)62-34-21-27(22-48-38(34)46)28-23-49-55(24-28)30-12-18-53(19-13-30)35(57)8-6-15-52-17-11-29(25-52)50-39(58)33(51-41(59)63-42(2,3)4)7-5-16-54-20-14-47-40(54)56(60)61/h9-10,14,20-24,26,29-30,33H,5-8,11-13,15-19,25H2,1-4H3,(H2,46,48)(H,50,58)(H,51,59)/t26-,29-,33+/m1/s1. The number of benzene rings is 1. The number of hydrogen-bond donors (Lipinski definition) is 3. The molecule has 6 rings (SSSR count). The average Bonchev–Trinajstić information content (AvgIpc) is 4.02. The molecule has 0 aliphatic carbocycles. The zero-order chi connectivity index (χ0) is 45.4. The summed E-state index contributed by atoms with van der Waals surface area (Å²) in [6, 6.07) is 3.41. The van der Waals surface area contributed by atoms with E-state index < -0.39 is 34.6 Å². The summed E-state index contributed by atoms with van der Waals surface area (Å²) in [7, 11) is 0. The Bertz CT molecular complexity index is 2260. The Balaban J connectivity index is 0.931. The van der Waals surface area contributed by atoms with Gasteiger partial charge in [0.25, 0.3) is 0 Å². The number of ether oxygens (including phenoxy) is 2. The fourth-order valence-corrected chi connectivity index (χ4v) is 8.52. The summed E-state index contributed by atoms with van der Waals surface area (Å²) in [6.45, 7) is 10.4. The van der Waals surface area contributed by atoms with E-state index in [1.807, 2.05) is 15.8 Å². The number of nitrogens with one attached hydrogen (secondary N) is 2. The van der Waals surface area contributed by atoms with Crippen molar-refractivity contribution in [3.05, 3.63) is 80.7 Å². The Morgan fingerprint density at radius 3 is 2.56 bits per heavy atom. The zero-order valence-electron chi connectivity index (χ0n) is 35.8. The number of piperidine rings is 1. The van der Waals surface area contributed by atoms with Crippen molar-refractivity contribution in [1.82, 2.24) is 44.7 Å². The van der Waals surface area contributed by atoms with Gasteiger partial charge in [-0.05, 0) is 95.9 Å². The average molecular weight is 915 g/mol. The lowest BCUT2D eigenvalue weighted by molar-refractivity contribution is -0.396. The first-order valence-electron chi connectivity index (χ1n) is 21.0. The summed E-state index contributed by atoms with van der Waals surface area (Å²) >= 11 is 12.5. The Morgan fingerprint density at radius 2 is 1.83 bits per heavy atom. The van der Waals surface area contributed by atoms with E-state index in [1.54, 1.807) is 46.2 Å². The molecule has 2 aliphatic heterocycles. The first kappa shape index (κ1) is 47.0. The van der Waals surface area contributed by atoms with Crippen LogP contribution in [0.1, 0.15) is 90.3 Å². The van der Waals surface area contributed by atoms with Gasteiger partial charge in [-0.25, -0.2) is 18.7 Å². The normalized spacial score (nSPS) is 17.0. The van der Waals surface area contributed by atoms with E-state index in [-0.39, 0.29) is 58.7 Å². The second-order valence-electron chi connectivity index (χ2n) is 16.9. The molecule has 2 saturated heterocycles. The summed E-state index contributed by atoms with van der Waals surface area (Å²) in [6.07, 6.45) is 10.6. The number of nitrogens with zero attached hydrogens (tertiary/aromatic N) is 8. The molecule has 3 aromatic heterocycles. The van der Waals surface area contributed by atoms with Crippen molar-refractivity contribution < 1.29 is 33.2 Å². The van der Waals surface area contributed by atoms with Gasteiger partial charge in [0.1, 0.15) is 36.0 Å². The van der Waals surface area contributed by atoms with Crippen LogP contribution < -0.4 is 21.1 Å². The van der Waals surface area contributed by atoms with Gasteiger partial charge in [0, 0.05) is 72.7 Å². The number of carbonyl (C=O) groups excluding carboxylic acids is 3. The molecule has 4 N–H and O–H groups in total. The van der Waals surface area contributed by atoms with Crippen LogP contribution in [0.3, 0.4) is 0 Å². The SMILES string of the molecule is C[C@@H](Oc1cc(-c2cnn(C3CCN(C(=O)CCCN4CC[C@@H](NC(=O)[C@H](CCCn5ccnc5[N+](=O)[O-])NC(=O)OC(C)(C)C)C4)CC3)c2)cnc1N)c1c(Cl)ccc(F)c1Cl. The number of nitrogen functional groups attached to an aromatic ring is 1. The van der Waals surface area contributed by atoms with E-state index in [9.17, 15) is 28.9 Å². The first-order valence-corrected chi connectivity index (χ1v) is 21.8. The highest BCUT2D eigenvalue weighted by Crippen LogP contribution is 2.37. The molecule has 0 bridgehead atoms. The van der Waals surface area contributed by atoms with E-state index in [0.717, 1.165) is 30.5 Å². The van der Waals surface area contributed by atoms with Crippen LogP contribution in [0.4, 0.5) is 21.0 Å². The number of amides is 3. The van der Waals surface area contributed by atoms with Gasteiger partial charge >= 0.3 is 12.0 Å². The van der Waals surface area contributed by atoms with Crippen molar-refractivity contribution in [3.63, 3.8) is 0 Å². The summed E-state index contributed by atoms with van der Waals surface area (Å²) in [5.74, 6) is -0.706. The number of hydrogen-bond acceptors (Lipinski definition) is 12. The maximum atomic E-state index is 14.2. The van der Waals surface area contributed by atoms with Gasteiger partial charge in [0.05, 0.1) is 23.8 Å². The number of imidazole rings is 1. The fourth-order valence-electron chi connectivity index (χ4n) is 7.84. The monoisotopic (exact) mass is 913 g/mol. The maximum absolute atomic E-state index is 14.2. The van der Waals surface area contributed by atoms with Gasteiger partial charge in [-0.1, -0.05) is 28.2 Å². The fraction of sp³-hybridized carbons (Fsp3) is 0.524. The summed E-state index contributed by atoms with van der Waals surface area (Å²) < 4.78 is 28.9. The Labute approximate surface area is 374 Å². The van der Waals surface area contributed by atoms with Gasteiger partial charge in [0.2, 0.25) is 11.8 Å². The first-order chi connectivity index (χ1) is 29.9. The number of nitrogens with two attached hydrogens (primary N) is 1. The van der Waals surface area contributed by atoms with Crippen LogP contribution in [0.2, 0.25) is 10.0 Å². The number of anilines is 1. The van der Waals surface area contributed by atoms with Crippen LogP contribution in [-0.4, -0.2) is 107 Å². The third kappa shape index (κ3) is 12.6. The predicted molar refractivity (Wildman–Crippen MR) is 234 cm³/mol. The third-order valence-corrected chi connectivity index (χ3v) is 11.8. The van der Waals surface area contributed by atoms with Gasteiger partial charge in [-0.2, -0.15) is 5.10 Å². The minimum absolute atomic E-state index is 0.103. The number of carbonyl (C=O) groups is 3. The molecule has 21 heteroatoms. The number of nitro groups is 1. The van der Waals surface area contributed by atoms with Gasteiger partial charge in [-0.15, -0.1) is 0 Å². The smallest absolute Gasteiger partial charge is 0.434 e. The summed E-state index contributed by atoms with van der Waals surface area (Å²) in [5, 5.41) is 21.8. The highest BCUT2D eigenvalue weighted by Gasteiger charge is 2.30. The van der Waals surface area contributed by atoms with Crippen LogP contribution in [0, 0.1) is 15.9 Å². The Morgan fingerprint density at radius 1 is 1.06 bits per heavy atom. The molecular weight excluding hydrogens is 860 g/mol. The van der Waals surface area contributed by atoms with Crippen LogP contribution in [0.25, 0.3) is 11.1 Å². The highest BCUT2D eigenvalue weighted by molar-refractivity contribution is 6.36. The van der Waals surface area contributed by atoms with Crippen molar-refractivity contribution >= 4 is 52.9 Å².